The van der Waals surface area contributed by atoms with Crippen molar-refractivity contribution in [2.45, 2.75) is 31.2 Å². The third-order valence-electron chi connectivity index (χ3n) is 4.29. The first-order valence-corrected chi connectivity index (χ1v) is 10.8. The van der Waals surface area contributed by atoms with E-state index in [4.69, 9.17) is 0 Å². The minimum atomic E-state index is 0.0598. The number of hydrogen-bond acceptors (Lipinski definition) is 5. The van der Waals surface area contributed by atoms with Crippen molar-refractivity contribution < 1.29 is 4.79 Å². The van der Waals surface area contributed by atoms with Gasteiger partial charge in [0.05, 0.1) is 5.69 Å². The molecule has 0 spiro atoms. The molecule has 3 rings (SSSR count). The lowest BCUT2D eigenvalue weighted by Gasteiger charge is -2.07. The van der Waals surface area contributed by atoms with Gasteiger partial charge in [-0.1, -0.05) is 19.4 Å². The second-order valence-electron chi connectivity index (χ2n) is 6.21. The first-order chi connectivity index (χ1) is 12.6. The number of nitrogens with zero attached hydrogens (tertiary/aromatic N) is 3. The highest BCUT2D eigenvalue weighted by molar-refractivity contribution is 8.16. The Morgan fingerprint density at radius 3 is 2.92 bits per heavy atom. The lowest BCUT2D eigenvalue weighted by atomic mass is 10.0. The molecule has 26 heavy (non-hydrogen) atoms. The fraction of sp³-hybridized carbons (Fsp3) is 0.350. The third kappa shape index (κ3) is 4.05. The molecule has 0 bridgehead atoms. The van der Waals surface area contributed by atoms with Gasteiger partial charge in [0, 0.05) is 34.7 Å². The molecule has 4 nitrogen and oxygen atoms in total. The van der Waals surface area contributed by atoms with E-state index >= 15 is 0 Å². The average molecular weight is 384 g/mol. The summed E-state index contributed by atoms with van der Waals surface area (Å²) in [5.74, 6) is 1.21. The molecule has 6 heteroatoms. The summed E-state index contributed by atoms with van der Waals surface area (Å²) in [5.41, 5.74) is 3.96. The van der Waals surface area contributed by atoms with Crippen molar-refractivity contribution in [2.75, 3.05) is 17.9 Å². The van der Waals surface area contributed by atoms with Crippen LogP contribution in [-0.2, 0) is 6.54 Å². The van der Waals surface area contributed by atoms with Gasteiger partial charge in [0.1, 0.15) is 6.07 Å². The van der Waals surface area contributed by atoms with Crippen LogP contribution in [0.4, 0.5) is 0 Å². The number of pyridine rings is 1. The van der Waals surface area contributed by atoms with Crippen molar-refractivity contribution in [3.8, 4) is 17.3 Å². The molecule has 2 aromatic rings. The molecule has 0 aliphatic carbocycles. The van der Waals surface area contributed by atoms with Crippen molar-refractivity contribution in [2.24, 2.45) is 0 Å². The molecule has 0 unspecified atom stereocenters. The second kappa shape index (κ2) is 8.61. The fourth-order valence-corrected chi connectivity index (χ4v) is 5.04. The van der Waals surface area contributed by atoms with Crippen LogP contribution in [0.5, 0.6) is 0 Å². The molecular formula is C20H21N3OS2. The monoisotopic (exact) mass is 383 g/mol. The summed E-state index contributed by atoms with van der Waals surface area (Å²) < 4.78 is 0. The van der Waals surface area contributed by atoms with Crippen LogP contribution in [-0.4, -0.2) is 33.7 Å². The molecule has 1 aromatic carbocycles. The van der Waals surface area contributed by atoms with Crippen molar-refractivity contribution in [3.63, 3.8) is 0 Å². The van der Waals surface area contributed by atoms with Gasteiger partial charge < -0.3 is 4.90 Å². The van der Waals surface area contributed by atoms with Crippen LogP contribution >= 0.6 is 23.5 Å². The number of thioether (sulfide) groups is 2. The molecule has 0 saturated carbocycles. The van der Waals surface area contributed by atoms with Crippen LogP contribution in [0.3, 0.4) is 0 Å². The van der Waals surface area contributed by atoms with Crippen LogP contribution in [0.1, 0.15) is 41.4 Å². The van der Waals surface area contributed by atoms with Crippen molar-refractivity contribution in [3.05, 3.63) is 47.2 Å². The van der Waals surface area contributed by atoms with Crippen LogP contribution in [0.25, 0.3) is 11.3 Å². The Morgan fingerprint density at radius 1 is 1.31 bits per heavy atom. The summed E-state index contributed by atoms with van der Waals surface area (Å²) in [7, 11) is 1.80. The predicted molar refractivity (Wildman–Crippen MR) is 108 cm³/mol. The Kier molecular flexibility index (Phi) is 6.23. The predicted octanol–water partition coefficient (Wildman–Crippen LogP) is 4.79. The SMILES string of the molecule is CCCCSCSc1ccc(-c2ccc3c(c2)CN(C)C3=O)nc1C#N. The topological polar surface area (TPSA) is 57.0 Å². The first kappa shape index (κ1) is 18.8. The first-order valence-electron chi connectivity index (χ1n) is 8.64. The summed E-state index contributed by atoms with van der Waals surface area (Å²) in [6, 6.07) is 11.9. The van der Waals surface area contributed by atoms with E-state index < -0.39 is 0 Å². The number of fused-ring (bicyclic) bond motifs is 1. The molecule has 2 heterocycles. The Labute approximate surface area is 163 Å². The summed E-state index contributed by atoms with van der Waals surface area (Å²) in [5, 5.41) is 10.4. The van der Waals surface area contributed by atoms with E-state index in [0.717, 1.165) is 38.1 Å². The molecule has 1 aliphatic heterocycles. The molecule has 0 radical (unpaired) electrons. The number of amides is 1. The largest absolute Gasteiger partial charge is 0.337 e. The highest BCUT2D eigenvalue weighted by atomic mass is 32.2. The molecule has 1 amide bonds. The minimum absolute atomic E-state index is 0.0598. The second-order valence-corrected chi connectivity index (χ2v) is 8.70. The van der Waals surface area contributed by atoms with Crippen molar-refractivity contribution >= 4 is 29.4 Å². The number of nitriles is 1. The van der Waals surface area contributed by atoms with Crippen LogP contribution in [0.2, 0.25) is 0 Å². The number of carbonyl (C=O) groups excluding carboxylic acids is 1. The summed E-state index contributed by atoms with van der Waals surface area (Å²) >= 11 is 3.57. The molecule has 1 aliphatic rings. The van der Waals surface area contributed by atoms with Gasteiger partial charge in [0.15, 0.2) is 5.69 Å². The highest BCUT2D eigenvalue weighted by Gasteiger charge is 2.24. The minimum Gasteiger partial charge on any atom is -0.337 e. The number of carbonyl (C=O) groups is 1. The number of rotatable bonds is 7. The van der Waals surface area contributed by atoms with Gasteiger partial charge >= 0.3 is 0 Å². The number of aromatic nitrogens is 1. The van der Waals surface area contributed by atoms with Gasteiger partial charge in [-0.15, -0.1) is 11.8 Å². The van der Waals surface area contributed by atoms with E-state index in [9.17, 15) is 10.1 Å². The molecule has 134 valence electrons. The molecule has 0 atom stereocenters. The van der Waals surface area contributed by atoms with E-state index in [1.807, 2.05) is 42.1 Å². The van der Waals surface area contributed by atoms with Crippen LogP contribution < -0.4 is 0 Å². The van der Waals surface area contributed by atoms with Gasteiger partial charge in [-0.3, -0.25) is 4.79 Å². The standard InChI is InChI=1S/C20H21N3OS2/c1-3-4-9-25-13-26-19-8-7-17(22-18(19)11-21)14-5-6-16-15(10-14)12-23(2)20(16)24/h5-8,10H,3-4,9,12-13H2,1-2H3. The average Bonchev–Trinajstić information content (AvgIpc) is 2.95. The number of hydrogen-bond donors (Lipinski definition) is 0. The summed E-state index contributed by atoms with van der Waals surface area (Å²) in [4.78, 5) is 19.2. The van der Waals surface area contributed by atoms with E-state index in [1.54, 1.807) is 23.7 Å². The normalized spacial score (nSPS) is 13.0. The maximum atomic E-state index is 12.0. The van der Waals surface area contributed by atoms with E-state index in [1.165, 1.54) is 12.8 Å². The lowest BCUT2D eigenvalue weighted by Crippen LogP contribution is -2.17. The summed E-state index contributed by atoms with van der Waals surface area (Å²) in [6.45, 7) is 2.81. The zero-order chi connectivity index (χ0) is 18.5. The zero-order valence-corrected chi connectivity index (χ0v) is 16.6. The molecular weight excluding hydrogens is 362 g/mol. The Bertz CT molecular complexity index is 861. The van der Waals surface area contributed by atoms with E-state index in [-0.39, 0.29) is 5.91 Å². The molecule has 0 saturated heterocycles. The number of unbranched alkanes of at least 4 members (excludes halogenated alkanes) is 1. The Morgan fingerprint density at radius 2 is 2.15 bits per heavy atom. The van der Waals surface area contributed by atoms with Gasteiger partial charge in [-0.2, -0.15) is 17.0 Å². The van der Waals surface area contributed by atoms with E-state index in [0.29, 0.717) is 12.2 Å². The van der Waals surface area contributed by atoms with Gasteiger partial charge in [0.2, 0.25) is 0 Å². The van der Waals surface area contributed by atoms with E-state index in [2.05, 4.69) is 18.0 Å². The van der Waals surface area contributed by atoms with Crippen LogP contribution in [0.15, 0.2) is 35.2 Å². The van der Waals surface area contributed by atoms with Gasteiger partial charge in [-0.25, -0.2) is 4.98 Å². The van der Waals surface area contributed by atoms with Gasteiger partial charge in [-0.05, 0) is 42.0 Å². The smallest absolute Gasteiger partial charge is 0.254 e. The quantitative estimate of drug-likeness (QED) is 0.391. The van der Waals surface area contributed by atoms with Crippen molar-refractivity contribution in [1.29, 1.82) is 5.26 Å². The maximum Gasteiger partial charge on any atom is 0.254 e. The Hall–Kier alpha value is -1.97. The van der Waals surface area contributed by atoms with Crippen molar-refractivity contribution in [1.82, 2.24) is 9.88 Å². The number of benzene rings is 1. The third-order valence-corrected chi connectivity index (χ3v) is 6.65. The van der Waals surface area contributed by atoms with Gasteiger partial charge in [0.25, 0.3) is 5.91 Å². The Balaban J connectivity index is 1.77. The maximum absolute atomic E-state index is 12.0. The molecule has 0 N–H and O–H groups in total. The molecule has 1 aromatic heterocycles. The molecule has 0 fully saturated rings. The fourth-order valence-electron chi connectivity index (χ4n) is 2.84. The van der Waals surface area contributed by atoms with Crippen LogP contribution in [0, 0.1) is 11.3 Å². The lowest BCUT2D eigenvalue weighted by molar-refractivity contribution is 0.0816. The zero-order valence-electron chi connectivity index (χ0n) is 15.0. The summed E-state index contributed by atoms with van der Waals surface area (Å²) in [6.07, 6.45) is 2.43. The highest BCUT2D eigenvalue weighted by Crippen LogP contribution is 2.30.